The molecule has 11 heteroatoms. The van der Waals surface area contributed by atoms with Crippen LogP contribution in [0.2, 0.25) is 0 Å². The van der Waals surface area contributed by atoms with Crippen LogP contribution >= 0.6 is 0 Å². The first-order valence-electron chi connectivity index (χ1n) is 13.9. The van der Waals surface area contributed by atoms with Gasteiger partial charge in [-0.25, -0.2) is 0 Å². The van der Waals surface area contributed by atoms with Crippen LogP contribution in [0.25, 0.3) is 0 Å². The normalized spacial score (nSPS) is 28.0. The van der Waals surface area contributed by atoms with E-state index in [1.807, 2.05) is 12.1 Å². The van der Waals surface area contributed by atoms with Crippen LogP contribution in [0.1, 0.15) is 30.0 Å². The average Bonchev–Trinajstić information content (AvgIpc) is 3.01. The molecule has 43 heavy (non-hydrogen) atoms. The molecule has 5 unspecified atom stereocenters. The minimum Gasteiger partial charge on any atom is -0.481 e. The van der Waals surface area contributed by atoms with E-state index in [0.29, 0.717) is 22.8 Å². The molecule has 5 rings (SSSR count). The number of aromatic nitrogens is 3. The standard InChI is InChI=1S/C32H34N6O5/c1-3-14-35-24(4-2)26-31(29(40)41)20-37(18-22-11-5-8-15-33-22)21-32(28(31)39,30(42)43)27(25-13-7-10-17-36-25)38(26)19-23-12-6-9-16-34-23/h3-17,26-28,39H,1,18-21H2,2H3,(H,40,41)(H,42,43)/b24-4-,35-14-. The minimum atomic E-state index is -2.02. The highest BCUT2D eigenvalue weighted by Crippen LogP contribution is 2.60. The van der Waals surface area contributed by atoms with Gasteiger partial charge in [0.25, 0.3) is 0 Å². The fraction of sp³-hybridized carbons (Fsp3) is 0.312. The summed E-state index contributed by atoms with van der Waals surface area (Å²) in [6.07, 6.45) is 7.62. The second-order valence-corrected chi connectivity index (χ2v) is 10.8. The molecule has 5 atom stereocenters. The van der Waals surface area contributed by atoms with Gasteiger partial charge in [0.15, 0.2) is 0 Å². The average molecular weight is 583 g/mol. The van der Waals surface area contributed by atoms with Crippen molar-refractivity contribution in [3.05, 3.63) is 115 Å². The van der Waals surface area contributed by atoms with Gasteiger partial charge in [-0.3, -0.25) is 39.3 Å². The van der Waals surface area contributed by atoms with Gasteiger partial charge in [-0.05, 0) is 43.3 Å². The molecule has 2 aliphatic heterocycles. The predicted molar refractivity (Wildman–Crippen MR) is 159 cm³/mol. The van der Waals surface area contributed by atoms with E-state index in [2.05, 4.69) is 26.5 Å². The Bertz CT molecular complexity index is 1520. The van der Waals surface area contributed by atoms with Gasteiger partial charge in [0.2, 0.25) is 0 Å². The molecule has 3 aromatic rings. The lowest BCUT2D eigenvalue weighted by atomic mass is 9.53. The van der Waals surface area contributed by atoms with Crippen molar-refractivity contribution >= 4 is 18.2 Å². The largest absolute Gasteiger partial charge is 0.481 e. The summed E-state index contributed by atoms with van der Waals surface area (Å²) in [5.74, 6) is -2.66. The number of pyridine rings is 3. The number of piperidine rings is 2. The summed E-state index contributed by atoms with van der Waals surface area (Å²) in [6, 6.07) is 13.8. The lowest BCUT2D eigenvalue weighted by Gasteiger charge is -2.64. The molecule has 0 spiro atoms. The number of likely N-dealkylation sites (tertiary alicyclic amines) is 2. The van der Waals surface area contributed by atoms with Crippen LogP contribution in [0.15, 0.2) is 103 Å². The number of aliphatic carboxylic acids is 2. The van der Waals surface area contributed by atoms with E-state index in [-0.39, 0.29) is 26.2 Å². The van der Waals surface area contributed by atoms with Crippen LogP contribution in [0.5, 0.6) is 0 Å². The molecule has 3 N–H and O–H groups in total. The SMILES string of the molecule is C=C/C=N\C(=C/C)C1N(Cc2ccccn2)C(c2ccccn2)C2(C(=O)O)CN(Cc3ccccn3)CC1(C(=O)O)C2O. The van der Waals surface area contributed by atoms with Crippen molar-refractivity contribution in [2.24, 2.45) is 15.8 Å². The molecule has 0 radical (unpaired) electrons. The van der Waals surface area contributed by atoms with Gasteiger partial charge in [-0.2, -0.15) is 0 Å². The van der Waals surface area contributed by atoms with Crippen molar-refractivity contribution in [2.45, 2.75) is 38.2 Å². The van der Waals surface area contributed by atoms with Gasteiger partial charge >= 0.3 is 11.9 Å². The molecular formula is C32H34N6O5. The van der Waals surface area contributed by atoms with Crippen molar-refractivity contribution in [3.8, 4) is 0 Å². The Labute approximate surface area is 249 Å². The maximum absolute atomic E-state index is 13.7. The van der Waals surface area contributed by atoms with Crippen LogP contribution < -0.4 is 0 Å². The van der Waals surface area contributed by atoms with E-state index in [1.54, 1.807) is 83.9 Å². The van der Waals surface area contributed by atoms with Crippen LogP contribution in [0, 0.1) is 10.8 Å². The molecule has 3 aromatic heterocycles. The van der Waals surface area contributed by atoms with Gasteiger partial charge in [0.1, 0.15) is 10.8 Å². The number of carboxylic acid groups (broad SMARTS) is 2. The monoisotopic (exact) mass is 582 g/mol. The molecule has 0 aliphatic carbocycles. The van der Waals surface area contributed by atoms with Crippen molar-refractivity contribution < 1.29 is 24.9 Å². The molecule has 0 aromatic carbocycles. The highest BCUT2D eigenvalue weighted by atomic mass is 16.4. The fourth-order valence-electron chi connectivity index (χ4n) is 6.79. The molecule has 2 fully saturated rings. The van der Waals surface area contributed by atoms with Crippen molar-refractivity contribution in [3.63, 3.8) is 0 Å². The Balaban J connectivity index is 1.83. The maximum atomic E-state index is 13.7. The van der Waals surface area contributed by atoms with Crippen LogP contribution in [0.3, 0.4) is 0 Å². The third-order valence-electron chi connectivity index (χ3n) is 8.44. The number of nitrogens with zero attached hydrogens (tertiary/aromatic N) is 6. The smallest absolute Gasteiger partial charge is 0.315 e. The summed E-state index contributed by atoms with van der Waals surface area (Å²) in [6.45, 7) is 5.40. The van der Waals surface area contributed by atoms with Crippen LogP contribution in [-0.2, 0) is 22.7 Å². The number of carbonyl (C=O) groups is 2. The molecule has 2 saturated heterocycles. The Kier molecular flexibility index (Phi) is 8.58. The number of aliphatic imine (C=N–C) groups is 1. The van der Waals surface area contributed by atoms with Gasteiger partial charge < -0.3 is 15.3 Å². The summed E-state index contributed by atoms with van der Waals surface area (Å²) in [5, 5.41) is 34.5. The van der Waals surface area contributed by atoms with Gasteiger partial charge in [0.05, 0.1) is 41.0 Å². The second kappa shape index (κ2) is 12.3. The number of fused-ring (bicyclic) bond motifs is 2. The highest BCUT2D eigenvalue weighted by molar-refractivity contribution is 5.85. The lowest BCUT2D eigenvalue weighted by molar-refractivity contribution is -0.246. The van der Waals surface area contributed by atoms with Gasteiger partial charge in [-0.1, -0.05) is 36.9 Å². The fourth-order valence-corrected chi connectivity index (χ4v) is 6.79. The van der Waals surface area contributed by atoms with E-state index in [0.717, 1.165) is 0 Å². The van der Waals surface area contributed by atoms with E-state index in [1.165, 1.54) is 12.3 Å². The lowest BCUT2D eigenvalue weighted by Crippen LogP contribution is -2.79. The van der Waals surface area contributed by atoms with E-state index >= 15 is 0 Å². The summed E-state index contributed by atoms with van der Waals surface area (Å²) in [5.41, 5.74) is -2.07. The van der Waals surface area contributed by atoms with Crippen LogP contribution in [0.4, 0.5) is 0 Å². The minimum absolute atomic E-state index is 0.0741. The molecule has 0 saturated carbocycles. The van der Waals surface area contributed by atoms with E-state index in [4.69, 9.17) is 0 Å². The number of aliphatic hydroxyl groups is 1. The number of aliphatic hydroxyl groups excluding tert-OH is 1. The van der Waals surface area contributed by atoms with Crippen molar-refractivity contribution in [2.75, 3.05) is 13.1 Å². The number of hydrogen-bond donors (Lipinski definition) is 3. The maximum Gasteiger partial charge on any atom is 0.315 e. The number of rotatable bonds is 10. The quantitative estimate of drug-likeness (QED) is 0.304. The number of carboxylic acids is 2. The van der Waals surface area contributed by atoms with Gasteiger partial charge in [0, 0.05) is 51.0 Å². The topological polar surface area (TPSA) is 152 Å². The molecule has 0 amide bonds. The molecule has 11 nitrogen and oxygen atoms in total. The molecule has 2 aliphatic rings. The third kappa shape index (κ3) is 5.16. The zero-order chi connectivity index (χ0) is 30.6. The first-order chi connectivity index (χ1) is 20.8. The number of allylic oxidation sites excluding steroid dienone is 2. The predicted octanol–water partition coefficient (Wildman–Crippen LogP) is 2.98. The summed E-state index contributed by atoms with van der Waals surface area (Å²) in [7, 11) is 0. The van der Waals surface area contributed by atoms with Crippen molar-refractivity contribution in [1.29, 1.82) is 0 Å². The molecule has 222 valence electrons. The molecule has 2 bridgehead atoms. The van der Waals surface area contributed by atoms with Crippen LogP contribution in [-0.4, -0.2) is 83.5 Å². The third-order valence-corrected chi connectivity index (χ3v) is 8.44. The van der Waals surface area contributed by atoms with E-state index < -0.39 is 41.0 Å². The van der Waals surface area contributed by atoms with Gasteiger partial charge in [-0.15, -0.1) is 0 Å². The van der Waals surface area contributed by atoms with Crippen molar-refractivity contribution in [1.82, 2.24) is 24.8 Å². The highest BCUT2D eigenvalue weighted by Gasteiger charge is 2.75. The zero-order valence-corrected chi connectivity index (χ0v) is 23.8. The summed E-state index contributed by atoms with van der Waals surface area (Å²) in [4.78, 5) is 48.9. The Hall–Kier alpha value is -4.58. The van der Waals surface area contributed by atoms with E-state index in [9.17, 15) is 24.9 Å². The zero-order valence-electron chi connectivity index (χ0n) is 23.8. The Morgan fingerprint density at radius 3 is 2.02 bits per heavy atom. The molecule has 5 heterocycles. The first-order valence-corrected chi connectivity index (χ1v) is 13.9. The second-order valence-electron chi connectivity index (χ2n) is 10.8. The Morgan fingerprint density at radius 1 is 0.930 bits per heavy atom. The number of hydrogen-bond acceptors (Lipinski definition) is 9. The molecular weight excluding hydrogens is 548 g/mol. The Morgan fingerprint density at radius 2 is 1.51 bits per heavy atom. The summed E-state index contributed by atoms with van der Waals surface area (Å²) < 4.78 is 0. The first kappa shape index (κ1) is 29.9. The summed E-state index contributed by atoms with van der Waals surface area (Å²) >= 11 is 0.